The quantitative estimate of drug-likeness (QED) is 0.380. The first-order valence-corrected chi connectivity index (χ1v) is 9.37. The predicted octanol–water partition coefficient (Wildman–Crippen LogP) is 2.22. The summed E-state index contributed by atoms with van der Waals surface area (Å²) in [5, 5.41) is 0. The van der Waals surface area contributed by atoms with Gasteiger partial charge in [-0.3, -0.25) is 0 Å². The van der Waals surface area contributed by atoms with Crippen LogP contribution in [0.4, 0.5) is 0 Å². The Morgan fingerprint density at radius 1 is 1.18 bits per heavy atom. The van der Waals surface area contributed by atoms with Crippen LogP contribution in [0.3, 0.4) is 0 Å². The van der Waals surface area contributed by atoms with Crippen molar-refractivity contribution in [2.45, 2.75) is 56.0 Å². The van der Waals surface area contributed by atoms with Gasteiger partial charge in [0.1, 0.15) is 0 Å². The molecule has 4 heteroatoms. The number of ether oxygens (including phenoxy) is 3. The minimum atomic E-state index is -0.603. The molecule has 1 aliphatic heterocycles. The molecule has 100 valence electrons. The number of rotatable bonds is 8. The lowest BCUT2D eigenvalue weighted by Gasteiger charge is -2.26. The Balaban J connectivity index is 1.61. The summed E-state index contributed by atoms with van der Waals surface area (Å²) < 4.78 is 16.2. The number of methoxy groups -OCH3 is 1. The Morgan fingerprint density at radius 2 is 2.06 bits per heavy atom. The Bertz CT molecular complexity index is 225. The third kappa shape index (κ3) is 4.05. The first-order valence-electron chi connectivity index (χ1n) is 7.07. The molecule has 0 radical (unpaired) electrons. The lowest BCUT2D eigenvalue weighted by atomic mass is 10.0. The smallest absolute Gasteiger partial charge is 0.0841 e. The summed E-state index contributed by atoms with van der Waals surface area (Å²) in [6, 6.07) is 2.75. The number of epoxide rings is 1. The number of hydrogen-bond acceptors (Lipinski definition) is 3. The van der Waals surface area contributed by atoms with Gasteiger partial charge in [-0.2, -0.15) is 0 Å². The van der Waals surface area contributed by atoms with E-state index in [0.717, 1.165) is 25.4 Å². The Morgan fingerprint density at radius 3 is 2.76 bits per heavy atom. The standard InChI is InChI=1S/C13H26O3Si/c1-3-17(9-8-15-7-6-14-2)11-4-5-12-13(10-11)16-12/h11-13,17H,3-10H2,1-2H3. The molecular formula is C13H26O3Si. The van der Waals surface area contributed by atoms with Crippen LogP contribution < -0.4 is 0 Å². The summed E-state index contributed by atoms with van der Waals surface area (Å²) in [5.74, 6) is 0. The number of hydrogen-bond donors (Lipinski definition) is 0. The summed E-state index contributed by atoms with van der Waals surface area (Å²) in [5.41, 5.74) is 1.01. The van der Waals surface area contributed by atoms with Crippen molar-refractivity contribution in [1.29, 1.82) is 0 Å². The van der Waals surface area contributed by atoms with E-state index in [-0.39, 0.29) is 0 Å². The first kappa shape index (κ1) is 13.5. The molecule has 4 atom stereocenters. The van der Waals surface area contributed by atoms with E-state index < -0.39 is 8.80 Å². The maximum atomic E-state index is 5.63. The molecule has 0 aromatic heterocycles. The zero-order chi connectivity index (χ0) is 12.1. The van der Waals surface area contributed by atoms with Crippen LogP contribution in [0.15, 0.2) is 0 Å². The molecular weight excluding hydrogens is 232 g/mol. The van der Waals surface area contributed by atoms with Crippen LogP contribution in [-0.4, -0.2) is 47.9 Å². The molecule has 3 nitrogen and oxygen atoms in total. The van der Waals surface area contributed by atoms with Crippen LogP contribution in [-0.2, 0) is 14.2 Å². The molecule has 17 heavy (non-hydrogen) atoms. The van der Waals surface area contributed by atoms with Crippen molar-refractivity contribution in [1.82, 2.24) is 0 Å². The maximum Gasteiger partial charge on any atom is 0.0841 e. The van der Waals surface area contributed by atoms with Gasteiger partial charge in [-0.1, -0.05) is 19.4 Å². The summed E-state index contributed by atoms with van der Waals surface area (Å²) in [6.45, 7) is 4.78. The zero-order valence-corrected chi connectivity index (χ0v) is 12.3. The van der Waals surface area contributed by atoms with Crippen molar-refractivity contribution in [2.75, 3.05) is 26.9 Å². The van der Waals surface area contributed by atoms with Crippen molar-refractivity contribution in [2.24, 2.45) is 0 Å². The van der Waals surface area contributed by atoms with E-state index in [2.05, 4.69) is 6.92 Å². The lowest BCUT2D eigenvalue weighted by molar-refractivity contribution is 0.0773. The minimum Gasteiger partial charge on any atom is -0.382 e. The average molecular weight is 258 g/mol. The van der Waals surface area contributed by atoms with E-state index in [1.54, 1.807) is 7.11 Å². The molecule has 2 fully saturated rings. The summed E-state index contributed by atoms with van der Waals surface area (Å²) in [4.78, 5) is 0. The zero-order valence-electron chi connectivity index (χ0n) is 11.2. The highest BCUT2D eigenvalue weighted by Crippen LogP contribution is 2.44. The number of fused-ring (bicyclic) bond motifs is 1. The molecule has 1 aliphatic carbocycles. The first-order chi connectivity index (χ1) is 8.35. The van der Waals surface area contributed by atoms with Crippen molar-refractivity contribution >= 4 is 8.80 Å². The largest absolute Gasteiger partial charge is 0.382 e. The molecule has 2 rings (SSSR count). The normalized spacial score (nSPS) is 33.2. The van der Waals surface area contributed by atoms with E-state index in [1.807, 2.05) is 0 Å². The summed E-state index contributed by atoms with van der Waals surface area (Å²) >= 11 is 0. The molecule has 0 aromatic carbocycles. The molecule has 4 unspecified atom stereocenters. The lowest BCUT2D eigenvalue weighted by Crippen LogP contribution is -2.26. The SMILES string of the molecule is CC[SiH](CCOCCOC)C1CCC2OC2C1. The van der Waals surface area contributed by atoms with Gasteiger partial charge in [-0.25, -0.2) is 0 Å². The fourth-order valence-electron chi connectivity index (χ4n) is 3.12. The van der Waals surface area contributed by atoms with E-state index in [9.17, 15) is 0 Å². The van der Waals surface area contributed by atoms with Gasteiger partial charge in [0.15, 0.2) is 0 Å². The molecule has 0 N–H and O–H groups in total. The summed E-state index contributed by atoms with van der Waals surface area (Å²) in [6.07, 6.45) is 5.39. The second-order valence-electron chi connectivity index (χ2n) is 5.35. The van der Waals surface area contributed by atoms with Gasteiger partial charge in [0.25, 0.3) is 0 Å². The molecule has 2 aliphatic rings. The van der Waals surface area contributed by atoms with Gasteiger partial charge in [0, 0.05) is 22.5 Å². The third-order valence-corrected chi connectivity index (χ3v) is 8.27. The maximum absolute atomic E-state index is 5.63. The van der Waals surface area contributed by atoms with Gasteiger partial charge < -0.3 is 14.2 Å². The second kappa shape index (κ2) is 6.88. The van der Waals surface area contributed by atoms with E-state index in [4.69, 9.17) is 14.2 Å². The van der Waals surface area contributed by atoms with Gasteiger partial charge in [-0.15, -0.1) is 0 Å². The topological polar surface area (TPSA) is 31.0 Å². The molecule has 0 amide bonds. The second-order valence-corrected chi connectivity index (χ2v) is 9.21. The van der Waals surface area contributed by atoms with Crippen LogP contribution in [0.25, 0.3) is 0 Å². The van der Waals surface area contributed by atoms with E-state index >= 15 is 0 Å². The molecule has 1 saturated carbocycles. The van der Waals surface area contributed by atoms with E-state index in [0.29, 0.717) is 12.2 Å². The average Bonchev–Trinajstić information content (AvgIpc) is 3.12. The van der Waals surface area contributed by atoms with Crippen LogP contribution in [0.1, 0.15) is 26.2 Å². The Kier molecular flexibility index (Phi) is 5.47. The highest BCUT2D eigenvalue weighted by molar-refractivity contribution is 6.60. The summed E-state index contributed by atoms with van der Waals surface area (Å²) in [7, 11) is 1.12. The molecule has 0 bridgehead atoms. The molecule has 0 aromatic rings. The van der Waals surface area contributed by atoms with Crippen LogP contribution >= 0.6 is 0 Å². The van der Waals surface area contributed by atoms with Crippen molar-refractivity contribution < 1.29 is 14.2 Å². The van der Waals surface area contributed by atoms with Crippen LogP contribution in [0.5, 0.6) is 0 Å². The molecule has 1 heterocycles. The fraction of sp³-hybridized carbons (Fsp3) is 1.00. The van der Waals surface area contributed by atoms with E-state index in [1.165, 1.54) is 31.4 Å². The molecule has 0 spiro atoms. The van der Waals surface area contributed by atoms with Gasteiger partial charge in [-0.05, 0) is 24.4 Å². The van der Waals surface area contributed by atoms with Crippen molar-refractivity contribution in [3.8, 4) is 0 Å². The highest BCUT2D eigenvalue weighted by atomic mass is 28.3. The fourth-order valence-corrected chi connectivity index (χ4v) is 6.45. The van der Waals surface area contributed by atoms with Gasteiger partial charge in [0.05, 0.1) is 25.4 Å². The van der Waals surface area contributed by atoms with Crippen LogP contribution in [0, 0.1) is 0 Å². The molecule has 1 saturated heterocycles. The van der Waals surface area contributed by atoms with Gasteiger partial charge in [0.2, 0.25) is 0 Å². The van der Waals surface area contributed by atoms with Gasteiger partial charge >= 0.3 is 0 Å². The Labute approximate surface area is 106 Å². The van der Waals surface area contributed by atoms with Crippen LogP contribution in [0.2, 0.25) is 17.6 Å². The van der Waals surface area contributed by atoms with Crippen molar-refractivity contribution in [3.63, 3.8) is 0 Å². The third-order valence-electron chi connectivity index (χ3n) is 4.30. The highest BCUT2D eigenvalue weighted by Gasteiger charge is 2.45. The minimum absolute atomic E-state index is 0.603. The Hall–Kier alpha value is 0.0969. The predicted molar refractivity (Wildman–Crippen MR) is 71.4 cm³/mol. The monoisotopic (exact) mass is 258 g/mol. The van der Waals surface area contributed by atoms with Crippen molar-refractivity contribution in [3.05, 3.63) is 0 Å².